The molecule has 17 heavy (non-hydrogen) atoms. The predicted octanol–water partition coefficient (Wildman–Crippen LogP) is 2.46. The number of carboxylic acid groups (broad SMARTS) is 1. The molecule has 0 atom stereocenters. The van der Waals surface area contributed by atoms with Crippen molar-refractivity contribution in [1.82, 2.24) is 0 Å². The lowest BCUT2D eigenvalue weighted by Crippen LogP contribution is -1.92. The summed E-state index contributed by atoms with van der Waals surface area (Å²) in [5.41, 5.74) is 1.61. The van der Waals surface area contributed by atoms with Gasteiger partial charge in [0.05, 0.1) is 0 Å². The first-order valence-electron chi connectivity index (χ1n) is 5.14. The van der Waals surface area contributed by atoms with Crippen LogP contribution < -0.4 is 9.47 Å². The van der Waals surface area contributed by atoms with Crippen LogP contribution in [0.2, 0.25) is 0 Å². The molecule has 0 amide bonds. The normalized spacial score (nSPS) is 14.3. The van der Waals surface area contributed by atoms with Crippen molar-refractivity contribution in [1.29, 1.82) is 0 Å². The van der Waals surface area contributed by atoms with Gasteiger partial charge in [0.1, 0.15) is 0 Å². The van der Waals surface area contributed by atoms with E-state index in [2.05, 4.69) is 0 Å². The average molecular weight is 232 g/mol. The Morgan fingerprint density at radius 3 is 2.88 bits per heavy atom. The maximum Gasteiger partial charge on any atom is 0.328 e. The van der Waals surface area contributed by atoms with Crippen LogP contribution in [0.25, 0.3) is 6.08 Å². The Morgan fingerprint density at radius 1 is 1.35 bits per heavy atom. The lowest BCUT2D eigenvalue weighted by atomic mass is 10.1. The second-order valence-electron chi connectivity index (χ2n) is 3.67. The highest BCUT2D eigenvalue weighted by Crippen LogP contribution is 2.32. The average Bonchev–Trinajstić information content (AvgIpc) is 2.72. The van der Waals surface area contributed by atoms with Crippen LogP contribution in [-0.2, 0) is 4.79 Å². The van der Waals surface area contributed by atoms with E-state index in [-0.39, 0.29) is 6.79 Å². The Hall–Kier alpha value is -2.23. The van der Waals surface area contributed by atoms with Gasteiger partial charge < -0.3 is 14.6 Å². The van der Waals surface area contributed by atoms with Gasteiger partial charge in [0.25, 0.3) is 0 Å². The van der Waals surface area contributed by atoms with Gasteiger partial charge in [0, 0.05) is 6.08 Å². The molecule has 4 heteroatoms. The monoisotopic (exact) mass is 232 g/mol. The summed E-state index contributed by atoms with van der Waals surface area (Å²) in [6.07, 6.45) is 4.73. The number of carboxylic acids is 1. The van der Waals surface area contributed by atoms with E-state index in [4.69, 9.17) is 14.6 Å². The summed E-state index contributed by atoms with van der Waals surface area (Å²) in [4.78, 5) is 10.4. The molecule has 0 fully saturated rings. The molecule has 1 aromatic rings. The summed E-state index contributed by atoms with van der Waals surface area (Å²) < 4.78 is 10.4. The number of hydrogen-bond acceptors (Lipinski definition) is 3. The lowest BCUT2D eigenvalue weighted by Gasteiger charge is -1.97. The van der Waals surface area contributed by atoms with Crippen LogP contribution in [0.3, 0.4) is 0 Å². The third-order valence-corrected chi connectivity index (χ3v) is 2.29. The van der Waals surface area contributed by atoms with Gasteiger partial charge in [-0.1, -0.05) is 18.2 Å². The summed E-state index contributed by atoms with van der Waals surface area (Å²) in [5, 5.41) is 8.56. The van der Waals surface area contributed by atoms with Crippen molar-refractivity contribution in [2.75, 3.05) is 6.79 Å². The van der Waals surface area contributed by atoms with E-state index >= 15 is 0 Å². The highest BCUT2D eigenvalue weighted by molar-refractivity contribution is 5.81. The van der Waals surface area contributed by atoms with Crippen LogP contribution in [0, 0.1) is 0 Å². The van der Waals surface area contributed by atoms with E-state index in [0.717, 1.165) is 17.4 Å². The van der Waals surface area contributed by atoms with Crippen molar-refractivity contribution in [3.63, 3.8) is 0 Å². The Bertz CT molecular complexity index is 500. The van der Waals surface area contributed by atoms with Crippen LogP contribution in [0.15, 0.2) is 35.9 Å². The minimum Gasteiger partial charge on any atom is -0.478 e. The lowest BCUT2D eigenvalue weighted by molar-refractivity contribution is -0.131. The standard InChI is InChI=1S/C13H12O4/c1-9(6-13(14)15)2-3-10-4-5-11-12(7-10)17-8-16-11/h2-7H,8H2,1H3,(H,14,15)/b3-2-,9-6-. The van der Waals surface area contributed by atoms with E-state index in [9.17, 15) is 4.79 Å². The molecule has 4 nitrogen and oxygen atoms in total. The van der Waals surface area contributed by atoms with Gasteiger partial charge in [-0.2, -0.15) is 0 Å². The SMILES string of the molecule is CC(/C=C\c1ccc2c(c1)OCO2)=C/C(=O)O. The quantitative estimate of drug-likeness (QED) is 0.642. The van der Waals surface area contributed by atoms with Crippen molar-refractivity contribution in [3.8, 4) is 11.5 Å². The zero-order chi connectivity index (χ0) is 12.3. The van der Waals surface area contributed by atoms with Crippen LogP contribution in [0.1, 0.15) is 12.5 Å². The number of carbonyl (C=O) groups is 1. The van der Waals surface area contributed by atoms with E-state index in [0.29, 0.717) is 11.3 Å². The number of ether oxygens (including phenoxy) is 2. The number of fused-ring (bicyclic) bond motifs is 1. The molecule has 1 aliphatic heterocycles. The fourth-order valence-corrected chi connectivity index (χ4v) is 1.49. The van der Waals surface area contributed by atoms with Gasteiger partial charge in [-0.05, 0) is 30.2 Å². The summed E-state index contributed by atoms with van der Waals surface area (Å²) in [5.74, 6) is 0.504. The van der Waals surface area contributed by atoms with Crippen molar-refractivity contribution in [2.24, 2.45) is 0 Å². The molecule has 0 unspecified atom stereocenters. The molecule has 0 saturated heterocycles. The molecule has 0 radical (unpaired) electrons. The van der Waals surface area contributed by atoms with Gasteiger partial charge in [0.2, 0.25) is 6.79 Å². The third-order valence-electron chi connectivity index (χ3n) is 2.29. The van der Waals surface area contributed by atoms with Gasteiger partial charge in [-0.15, -0.1) is 0 Å². The number of rotatable bonds is 3. The topological polar surface area (TPSA) is 55.8 Å². The molecular weight excluding hydrogens is 220 g/mol. The fraction of sp³-hybridized carbons (Fsp3) is 0.154. The second kappa shape index (κ2) is 4.74. The summed E-state index contributed by atoms with van der Waals surface area (Å²) in [7, 11) is 0. The molecular formula is C13H12O4. The number of allylic oxidation sites excluding steroid dienone is 2. The maximum absolute atomic E-state index is 10.4. The van der Waals surface area contributed by atoms with Gasteiger partial charge in [-0.3, -0.25) is 0 Å². The Balaban J connectivity index is 2.14. The minimum atomic E-state index is -0.946. The largest absolute Gasteiger partial charge is 0.478 e. The second-order valence-corrected chi connectivity index (χ2v) is 3.67. The van der Waals surface area contributed by atoms with Crippen molar-refractivity contribution < 1.29 is 19.4 Å². The first kappa shape index (κ1) is 11.3. The van der Waals surface area contributed by atoms with Gasteiger partial charge in [0.15, 0.2) is 11.5 Å². The van der Waals surface area contributed by atoms with Crippen LogP contribution >= 0.6 is 0 Å². The number of aliphatic carboxylic acids is 1. The zero-order valence-corrected chi connectivity index (χ0v) is 9.34. The summed E-state index contributed by atoms with van der Waals surface area (Å²) in [6, 6.07) is 5.57. The van der Waals surface area contributed by atoms with Crippen molar-refractivity contribution >= 4 is 12.0 Å². The van der Waals surface area contributed by atoms with E-state index in [1.54, 1.807) is 13.0 Å². The van der Waals surface area contributed by atoms with Gasteiger partial charge in [-0.25, -0.2) is 4.79 Å². The first-order valence-corrected chi connectivity index (χ1v) is 5.14. The van der Waals surface area contributed by atoms with Gasteiger partial charge >= 0.3 is 5.97 Å². The molecule has 1 aliphatic rings. The van der Waals surface area contributed by atoms with Crippen LogP contribution in [0.4, 0.5) is 0 Å². The number of benzene rings is 1. The maximum atomic E-state index is 10.4. The van der Waals surface area contributed by atoms with Crippen LogP contribution in [-0.4, -0.2) is 17.9 Å². The molecule has 88 valence electrons. The molecule has 1 N–H and O–H groups in total. The molecule has 0 spiro atoms. The molecule has 1 heterocycles. The predicted molar refractivity (Wildman–Crippen MR) is 63.0 cm³/mol. The van der Waals surface area contributed by atoms with E-state index < -0.39 is 5.97 Å². The highest BCUT2D eigenvalue weighted by atomic mass is 16.7. The fourth-order valence-electron chi connectivity index (χ4n) is 1.49. The van der Waals surface area contributed by atoms with E-state index in [1.807, 2.05) is 24.3 Å². The third kappa shape index (κ3) is 2.87. The van der Waals surface area contributed by atoms with Crippen molar-refractivity contribution in [2.45, 2.75) is 6.92 Å². The highest BCUT2D eigenvalue weighted by Gasteiger charge is 2.11. The van der Waals surface area contributed by atoms with Crippen molar-refractivity contribution in [3.05, 3.63) is 41.5 Å². The van der Waals surface area contributed by atoms with Crippen LogP contribution in [0.5, 0.6) is 11.5 Å². The Labute approximate surface area is 98.8 Å². The molecule has 1 aromatic carbocycles. The smallest absolute Gasteiger partial charge is 0.328 e. The first-order chi connectivity index (χ1) is 8.15. The molecule has 0 saturated carbocycles. The molecule has 0 aliphatic carbocycles. The minimum absolute atomic E-state index is 0.250. The Kier molecular flexibility index (Phi) is 3.14. The molecule has 0 aromatic heterocycles. The summed E-state index contributed by atoms with van der Waals surface area (Å²) in [6.45, 7) is 1.98. The zero-order valence-electron chi connectivity index (χ0n) is 9.34. The van der Waals surface area contributed by atoms with E-state index in [1.165, 1.54) is 0 Å². The molecule has 0 bridgehead atoms. The Morgan fingerprint density at radius 2 is 2.12 bits per heavy atom. The number of hydrogen-bond donors (Lipinski definition) is 1. The molecule has 2 rings (SSSR count). The summed E-state index contributed by atoms with van der Waals surface area (Å²) >= 11 is 0.